The van der Waals surface area contributed by atoms with Crippen molar-refractivity contribution in [2.75, 3.05) is 18.3 Å². The zero-order valence-corrected chi connectivity index (χ0v) is 10.8. The molecule has 0 aromatic heterocycles. The Morgan fingerprint density at radius 3 is 2.64 bits per heavy atom. The van der Waals surface area contributed by atoms with Crippen molar-refractivity contribution in [1.82, 2.24) is 0 Å². The molecule has 1 heterocycles. The van der Waals surface area contributed by atoms with E-state index < -0.39 is 0 Å². The van der Waals surface area contributed by atoms with E-state index in [1.807, 2.05) is 6.26 Å². The van der Waals surface area contributed by atoms with Crippen molar-refractivity contribution >= 4 is 29.5 Å². The highest BCUT2D eigenvalue weighted by Crippen LogP contribution is 2.36. The summed E-state index contributed by atoms with van der Waals surface area (Å²) in [6.45, 7) is 4.27. The standard InChI is InChI=1S/C10H18O2S2/c1-10(2,14-4)8-5-7(6-13-3)9(11)12-8/h7-8H,5-6H2,1-4H3/t7-,8+/m0/s1. The first-order valence-corrected chi connectivity index (χ1v) is 7.37. The van der Waals surface area contributed by atoms with Gasteiger partial charge in [0.15, 0.2) is 0 Å². The van der Waals surface area contributed by atoms with E-state index in [1.54, 1.807) is 23.5 Å². The summed E-state index contributed by atoms with van der Waals surface area (Å²) in [5, 5.41) is 0. The molecule has 0 bridgehead atoms. The van der Waals surface area contributed by atoms with E-state index in [-0.39, 0.29) is 22.7 Å². The topological polar surface area (TPSA) is 26.3 Å². The summed E-state index contributed by atoms with van der Waals surface area (Å²) < 4.78 is 5.45. The van der Waals surface area contributed by atoms with Gasteiger partial charge in [-0.25, -0.2) is 0 Å². The van der Waals surface area contributed by atoms with Crippen LogP contribution in [0.15, 0.2) is 0 Å². The highest BCUT2D eigenvalue weighted by Gasteiger charge is 2.42. The first-order valence-electron chi connectivity index (χ1n) is 4.76. The van der Waals surface area contributed by atoms with E-state index in [9.17, 15) is 4.79 Å². The van der Waals surface area contributed by atoms with Gasteiger partial charge in [-0.05, 0) is 32.8 Å². The van der Waals surface area contributed by atoms with Gasteiger partial charge in [0.2, 0.25) is 0 Å². The fraction of sp³-hybridized carbons (Fsp3) is 0.900. The smallest absolute Gasteiger partial charge is 0.310 e. The van der Waals surface area contributed by atoms with Gasteiger partial charge in [-0.1, -0.05) is 0 Å². The average Bonchev–Trinajstić information content (AvgIpc) is 2.49. The van der Waals surface area contributed by atoms with Crippen LogP contribution in [-0.2, 0) is 9.53 Å². The van der Waals surface area contributed by atoms with Gasteiger partial charge in [0, 0.05) is 10.5 Å². The summed E-state index contributed by atoms with van der Waals surface area (Å²) in [6, 6.07) is 0. The molecule has 0 aliphatic carbocycles. The zero-order valence-electron chi connectivity index (χ0n) is 9.20. The van der Waals surface area contributed by atoms with Crippen molar-refractivity contribution in [2.45, 2.75) is 31.1 Å². The molecule has 2 nitrogen and oxygen atoms in total. The second-order valence-electron chi connectivity index (χ2n) is 4.12. The summed E-state index contributed by atoms with van der Waals surface area (Å²) >= 11 is 3.48. The molecule has 0 aromatic carbocycles. The van der Waals surface area contributed by atoms with Crippen molar-refractivity contribution in [3.05, 3.63) is 0 Å². The largest absolute Gasteiger partial charge is 0.461 e. The maximum absolute atomic E-state index is 11.5. The highest BCUT2D eigenvalue weighted by atomic mass is 32.2. The lowest BCUT2D eigenvalue weighted by Crippen LogP contribution is -2.32. The number of hydrogen-bond acceptors (Lipinski definition) is 4. The van der Waals surface area contributed by atoms with Crippen LogP contribution in [0.25, 0.3) is 0 Å². The van der Waals surface area contributed by atoms with E-state index in [0.717, 1.165) is 12.2 Å². The lowest BCUT2D eigenvalue weighted by molar-refractivity contribution is -0.144. The molecule has 0 amide bonds. The van der Waals surface area contributed by atoms with Gasteiger partial charge in [0.1, 0.15) is 6.10 Å². The number of rotatable bonds is 4. The summed E-state index contributed by atoms with van der Waals surface area (Å²) in [7, 11) is 0. The number of carbonyl (C=O) groups is 1. The SMILES string of the molecule is CSC[C@@H]1C[C@H](C(C)(C)SC)OC1=O. The maximum atomic E-state index is 11.5. The molecule has 0 N–H and O–H groups in total. The van der Waals surface area contributed by atoms with Gasteiger partial charge in [0.05, 0.1) is 5.92 Å². The Balaban J connectivity index is 2.58. The van der Waals surface area contributed by atoms with E-state index in [0.29, 0.717) is 0 Å². The Hall–Kier alpha value is 0.170. The van der Waals surface area contributed by atoms with Crippen molar-refractivity contribution in [3.8, 4) is 0 Å². The Labute approximate surface area is 94.5 Å². The molecule has 1 saturated heterocycles. The molecule has 1 aliphatic rings. The molecular formula is C10H18O2S2. The monoisotopic (exact) mass is 234 g/mol. The molecule has 0 spiro atoms. The summed E-state index contributed by atoms with van der Waals surface area (Å²) in [4.78, 5) is 11.5. The average molecular weight is 234 g/mol. The minimum Gasteiger partial charge on any atom is -0.461 e. The zero-order chi connectivity index (χ0) is 10.8. The molecule has 4 heteroatoms. The second-order valence-corrected chi connectivity index (χ2v) is 6.49. The summed E-state index contributed by atoms with van der Waals surface area (Å²) in [5.41, 5.74) is 0. The first-order chi connectivity index (χ1) is 6.51. The van der Waals surface area contributed by atoms with Crippen LogP contribution in [0.3, 0.4) is 0 Å². The van der Waals surface area contributed by atoms with E-state index in [2.05, 4.69) is 20.1 Å². The van der Waals surface area contributed by atoms with Crippen LogP contribution in [0.2, 0.25) is 0 Å². The number of esters is 1. The van der Waals surface area contributed by atoms with Gasteiger partial charge >= 0.3 is 5.97 Å². The van der Waals surface area contributed by atoms with Gasteiger partial charge < -0.3 is 4.74 Å². The lowest BCUT2D eigenvalue weighted by atomic mass is 9.99. The van der Waals surface area contributed by atoms with Gasteiger partial charge in [-0.3, -0.25) is 4.79 Å². The fourth-order valence-electron chi connectivity index (χ4n) is 1.53. The molecule has 0 radical (unpaired) electrons. The molecule has 14 heavy (non-hydrogen) atoms. The Morgan fingerprint density at radius 2 is 2.14 bits per heavy atom. The third-order valence-corrected chi connectivity index (χ3v) is 4.81. The van der Waals surface area contributed by atoms with Crippen molar-refractivity contribution in [3.63, 3.8) is 0 Å². The van der Waals surface area contributed by atoms with Crippen molar-refractivity contribution < 1.29 is 9.53 Å². The lowest BCUT2D eigenvalue weighted by Gasteiger charge is -2.27. The first kappa shape index (κ1) is 12.2. The minimum absolute atomic E-state index is 0.00789. The number of hydrogen-bond donors (Lipinski definition) is 0. The quantitative estimate of drug-likeness (QED) is 0.698. The highest BCUT2D eigenvalue weighted by molar-refractivity contribution is 8.00. The number of ether oxygens (including phenoxy) is 1. The number of carbonyl (C=O) groups excluding carboxylic acids is 1. The maximum Gasteiger partial charge on any atom is 0.310 e. The van der Waals surface area contributed by atoms with Crippen molar-refractivity contribution in [2.24, 2.45) is 5.92 Å². The fourth-order valence-corrected chi connectivity index (χ4v) is 2.62. The van der Waals surface area contributed by atoms with Crippen LogP contribution in [0.1, 0.15) is 20.3 Å². The van der Waals surface area contributed by atoms with Crippen LogP contribution in [0, 0.1) is 5.92 Å². The molecule has 82 valence electrons. The summed E-state index contributed by atoms with van der Waals surface area (Å²) in [5.74, 6) is 0.993. The third kappa shape index (κ3) is 2.60. The molecule has 2 atom stereocenters. The van der Waals surface area contributed by atoms with Crippen molar-refractivity contribution in [1.29, 1.82) is 0 Å². The molecule has 0 saturated carbocycles. The number of cyclic esters (lactones) is 1. The predicted octanol–water partition coefficient (Wildman–Crippen LogP) is 2.42. The molecular weight excluding hydrogens is 216 g/mol. The van der Waals surface area contributed by atoms with Crippen LogP contribution >= 0.6 is 23.5 Å². The van der Waals surface area contributed by atoms with E-state index in [1.165, 1.54) is 0 Å². The van der Waals surface area contributed by atoms with Gasteiger partial charge in [-0.15, -0.1) is 0 Å². The Bertz CT molecular complexity index is 216. The molecule has 1 rings (SSSR count). The molecule has 0 unspecified atom stereocenters. The van der Waals surface area contributed by atoms with Gasteiger partial charge in [0.25, 0.3) is 0 Å². The molecule has 1 fully saturated rings. The second kappa shape index (κ2) is 4.79. The van der Waals surface area contributed by atoms with E-state index >= 15 is 0 Å². The summed E-state index contributed by atoms with van der Waals surface area (Å²) in [6.07, 6.45) is 5.06. The predicted molar refractivity (Wildman–Crippen MR) is 64.0 cm³/mol. The van der Waals surface area contributed by atoms with E-state index in [4.69, 9.17) is 4.74 Å². The minimum atomic E-state index is -0.00789. The normalized spacial score (nSPS) is 27.9. The Kier molecular flexibility index (Phi) is 4.19. The van der Waals surface area contributed by atoms with Crippen LogP contribution in [0.5, 0.6) is 0 Å². The number of thioether (sulfide) groups is 2. The third-order valence-electron chi connectivity index (χ3n) is 2.76. The van der Waals surface area contributed by atoms with Gasteiger partial charge in [-0.2, -0.15) is 23.5 Å². The molecule has 0 aromatic rings. The Morgan fingerprint density at radius 1 is 1.50 bits per heavy atom. The molecule has 1 aliphatic heterocycles. The van der Waals surface area contributed by atoms with Crippen LogP contribution in [-0.4, -0.2) is 35.1 Å². The van der Waals surface area contributed by atoms with Crippen LogP contribution in [0.4, 0.5) is 0 Å². The van der Waals surface area contributed by atoms with Crippen LogP contribution < -0.4 is 0 Å².